The van der Waals surface area contributed by atoms with Gasteiger partial charge in [0.05, 0.1) is 18.8 Å². The Morgan fingerprint density at radius 2 is 2.44 bits per heavy atom. The third-order valence-corrected chi connectivity index (χ3v) is 2.68. The van der Waals surface area contributed by atoms with Gasteiger partial charge in [0, 0.05) is 13.2 Å². The van der Waals surface area contributed by atoms with Crippen LogP contribution in [-0.4, -0.2) is 25.9 Å². The van der Waals surface area contributed by atoms with Crippen LogP contribution < -0.4 is 5.73 Å². The molecular weight excluding hydrogens is 209 g/mol. The normalized spacial score (nSPS) is 22.2. The fourth-order valence-electron chi connectivity index (χ4n) is 1.83. The van der Waals surface area contributed by atoms with Crippen LogP contribution >= 0.6 is 0 Å². The van der Waals surface area contributed by atoms with Crippen molar-refractivity contribution in [2.45, 2.75) is 18.6 Å². The van der Waals surface area contributed by atoms with Gasteiger partial charge in [0.15, 0.2) is 0 Å². The predicted molar refractivity (Wildman–Crippen MR) is 58.5 cm³/mol. The van der Waals surface area contributed by atoms with E-state index >= 15 is 0 Å². The van der Waals surface area contributed by atoms with E-state index in [0.717, 1.165) is 18.6 Å². The van der Waals surface area contributed by atoms with Gasteiger partial charge in [0.25, 0.3) is 0 Å². The molecule has 3 nitrogen and oxygen atoms in total. The van der Waals surface area contributed by atoms with Gasteiger partial charge in [-0.1, -0.05) is 12.1 Å². The zero-order valence-corrected chi connectivity index (χ0v) is 9.06. The lowest BCUT2D eigenvalue weighted by Crippen LogP contribution is -2.23. The molecule has 1 aliphatic heterocycles. The summed E-state index contributed by atoms with van der Waals surface area (Å²) in [6.45, 7) is 1.68. The number of ether oxygens (including phenoxy) is 2. The molecular formula is C12H16FNO2. The first kappa shape index (κ1) is 11.5. The minimum Gasteiger partial charge on any atom is -0.379 e. The number of hydrogen-bond acceptors (Lipinski definition) is 3. The molecule has 1 aromatic rings. The van der Waals surface area contributed by atoms with E-state index in [1.54, 1.807) is 6.07 Å². The van der Waals surface area contributed by atoms with Crippen molar-refractivity contribution < 1.29 is 13.9 Å². The maximum Gasteiger partial charge on any atom is 0.123 e. The Kier molecular flexibility index (Phi) is 3.88. The number of rotatable bonds is 4. The SMILES string of the molecule is NCC(OC1CCOC1)c1cccc(F)c1. The number of benzene rings is 1. The van der Waals surface area contributed by atoms with Crippen molar-refractivity contribution in [3.05, 3.63) is 35.6 Å². The molecule has 16 heavy (non-hydrogen) atoms. The average molecular weight is 225 g/mol. The van der Waals surface area contributed by atoms with E-state index in [-0.39, 0.29) is 18.0 Å². The van der Waals surface area contributed by atoms with E-state index in [1.807, 2.05) is 6.07 Å². The molecule has 0 bridgehead atoms. The second-order valence-corrected chi connectivity index (χ2v) is 3.90. The Bertz CT molecular complexity index is 340. The average Bonchev–Trinajstić information content (AvgIpc) is 2.78. The van der Waals surface area contributed by atoms with Gasteiger partial charge in [-0.05, 0) is 24.1 Å². The topological polar surface area (TPSA) is 44.5 Å². The Hall–Kier alpha value is -0.970. The number of nitrogens with two attached hydrogens (primary N) is 1. The largest absolute Gasteiger partial charge is 0.379 e. The lowest BCUT2D eigenvalue weighted by Gasteiger charge is -2.20. The zero-order chi connectivity index (χ0) is 11.4. The van der Waals surface area contributed by atoms with E-state index in [1.165, 1.54) is 12.1 Å². The van der Waals surface area contributed by atoms with Gasteiger partial charge in [0.1, 0.15) is 5.82 Å². The van der Waals surface area contributed by atoms with Gasteiger partial charge < -0.3 is 15.2 Å². The van der Waals surface area contributed by atoms with Crippen LogP contribution in [0.15, 0.2) is 24.3 Å². The summed E-state index contributed by atoms with van der Waals surface area (Å²) >= 11 is 0. The summed E-state index contributed by atoms with van der Waals surface area (Å²) in [7, 11) is 0. The molecule has 4 heteroatoms. The van der Waals surface area contributed by atoms with Crippen LogP contribution in [-0.2, 0) is 9.47 Å². The molecule has 0 aromatic heterocycles. The first-order valence-corrected chi connectivity index (χ1v) is 5.48. The monoisotopic (exact) mass is 225 g/mol. The standard InChI is InChI=1S/C12H16FNO2/c13-10-3-1-2-9(6-10)12(7-14)16-11-4-5-15-8-11/h1-3,6,11-12H,4-5,7-8,14H2. The van der Waals surface area contributed by atoms with Crippen molar-refractivity contribution in [1.29, 1.82) is 0 Å². The fraction of sp³-hybridized carbons (Fsp3) is 0.500. The van der Waals surface area contributed by atoms with Gasteiger partial charge in [-0.25, -0.2) is 4.39 Å². The molecule has 0 radical (unpaired) electrons. The highest BCUT2D eigenvalue weighted by Crippen LogP contribution is 2.22. The smallest absolute Gasteiger partial charge is 0.123 e. The van der Waals surface area contributed by atoms with Gasteiger partial charge in [-0.2, -0.15) is 0 Å². The van der Waals surface area contributed by atoms with E-state index in [2.05, 4.69) is 0 Å². The summed E-state index contributed by atoms with van der Waals surface area (Å²) < 4.78 is 24.1. The lowest BCUT2D eigenvalue weighted by molar-refractivity contribution is -0.0126. The van der Waals surface area contributed by atoms with Crippen LogP contribution in [0.3, 0.4) is 0 Å². The first-order chi connectivity index (χ1) is 7.79. The molecule has 0 spiro atoms. The van der Waals surface area contributed by atoms with Crippen LogP contribution in [0.25, 0.3) is 0 Å². The van der Waals surface area contributed by atoms with Crippen LogP contribution in [0.5, 0.6) is 0 Å². The van der Waals surface area contributed by atoms with Crippen molar-refractivity contribution >= 4 is 0 Å². The Labute approximate surface area is 94.3 Å². The predicted octanol–water partition coefficient (Wildman–Crippen LogP) is 1.63. The number of halogens is 1. The van der Waals surface area contributed by atoms with Crippen molar-refractivity contribution in [1.82, 2.24) is 0 Å². The minimum absolute atomic E-state index is 0.0804. The second kappa shape index (κ2) is 5.39. The van der Waals surface area contributed by atoms with E-state index < -0.39 is 0 Å². The molecule has 2 unspecified atom stereocenters. The molecule has 1 fully saturated rings. The quantitative estimate of drug-likeness (QED) is 0.847. The van der Waals surface area contributed by atoms with Crippen LogP contribution in [0.2, 0.25) is 0 Å². The van der Waals surface area contributed by atoms with Crippen LogP contribution in [0.4, 0.5) is 4.39 Å². The van der Waals surface area contributed by atoms with Crippen molar-refractivity contribution in [2.75, 3.05) is 19.8 Å². The van der Waals surface area contributed by atoms with E-state index in [9.17, 15) is 4.39 Å². The molecule has 1 aliphatic rings. The van der Waals surface area contributed by atoms with Crippen molar-refractivity contribution in [2.24, 2.45) is 5.73 Å². The number of hydrogen-bond donors (Lipinski definition) is 1. The van der Waals surface area contributed by atoms with Crippen molar-refractivity contribution in [3.63, 3.8) is 0 Å². The summed E-state index contributed by atoms with van der Waals surface area (Å²) in [6.07, 6.45) is 0.713. The zero-order valence-electron chi connectivity index (χ0n) is 9.06. The molecule has 1 heterocycles. The highest BCUT2D eigenvalue weighted by atomic mass is 19.1. The second-order valence-electron chi connectivity index (χ2n) is 3.90. The molecule has 2 rings (SSSR count). The minimum atomic E-state index is -0.262. The summed E-state index contributed by atoms with van der Waals surface area (Å²) in [5.74, 6) is -0.262. The molecule has 2 atom stereocenters. The summed E-state index contributed by atoms with van der Waals surface area (Å²) in [5, 5.41) is 0. The lowest BCUT2D eigenvalue weighted by atomic mass is 10.1. The Morgan fingerprint density at radius 3 is 3.06 bits per heavy atom. The molecule has 2 N–H and O–H groups in total. The first-order valence-electron chi connectivity index (χ1n) is 5.48. The summed E-state index contributed by atoms with van der Waals surface area (Å²) in [6, 6.07) is 6.38. The summed E-state index contributed by atoms with van der Waals surface area (Å²) in [4.78, 5) is 0. The van der Waals surface area contributed by atoms with Gasteiger partial charge in [-0.15, -0.1) is 0 Å². The van der Waals surface area contributed by atoms with E-state index in [4.69, 9.17) is 15.2 Å². The van der Waals surface area contributed by atoms with E-state index in [0.29, 0.717) is 13.2 Å². The van der Waals surface area contributed by atoms with Gasteiger partial charge in [0.2, 0.25) is 0 Å². The van der Waals surface area contributed by atoms with Crippen molar-refractivity contribution in [3.8, 4) is 0 Å². The highest BCUT2D eigenvalue weighted by Gasteiger charge is 2.21. The van der Waals surface area contributed by atoms with Crippen LogP contribution in [0, 0.1) is 5.82 Å². The Balaban J connectivity index is 2.03. The third-order valence-electron chi connectivity index (χ3n) is 2.68. The molecule has 0 saturated carbocycles. The van der Waals surface area contributed by atoms with Crippen LogP contribution in [0.1, 0.15) is 18.1 Å². The molecule has 0 amide bonds. The highest BCUT2D eigenvalue weighted by molar-refractivity contribution is 5.19. The maximum atomic E-state index is 13.1. The molecule has 1 saturated heterocycles. The van der Waals surface area contributed by atoms with Gasteiger partial charge >= 0.3 is 0 Å². The fourth-order valence-corrected chi connectivity index (χ4v) is 1.83. The molecule has 88 valence electrons. The van der Waals surface area contributed by atoms with Gasteiger partial charge in [-0.3, -0.25) is 0 Å². The Morgan fingerprint density at radius 1 is 1.56 bits per heavy atom. The molecule has 1 aromatic carbocycles. The maximum absolute atomic E-state index is 13.1. The molecule has 0 aliphatic carbocycles. The third kappa shape index (κ3) is 2.78. The summed E-state index contributed by atoms with van der Waals surface area (Å²) in [5.41, 5.74) is 6.43.